The number of nitrogens with one attached hydrogen (secondary N) is 1. The number of likely N-dealkylation sites (N-methyl/N-ethyl adjacent to an activating group) is 1. The Labute approximate surface area is 183 Å². The Bertz CT molecular complexity index is 831. The summed E-state index contributed by atoms with van der Waals surface area (Å²) in [6.07, 6.45) is 4.00. The lowest BCUT2D eigenvalue weighted by Gasteiger charge is -2.21. The molecule has 4 N–H and O–H groups in total. The summed E-state index contributed by atoms with van der Waals surface area (Å²) in [4.78, 5) is 6.65. The molecule has 0 radical (unpaired) electrons. The van der Waals surface area contributed by atoms with Crippen LogP contribution in [0.2, 0.25) is 5.02 Å². The van der Waals surface area contributed by atoms with Crippen LogP contribution >= 0.6 is 24.0 Å². The first-order chi connectivity index (χ1) is 13.1. The molecule has 0 aliphatic heterocycles. The summed E-state index contributed by atoms with van der Waals surface area (Å²) < 4.78 is 31.6. The third-order valence-electron chi connectivity index (χ3n) is 4.08. The fourth-order valence-electron chi connectivity index (χ4n) is 2.78. The molecule has 0 saturated heterocycles. The summed E-state index contributed by atoms with van der Waals surface area (Å²) in [5.41, 5.74) is 2.01. The molecular formula is C18H29Cl2N3O5S. The van der Waals surface area contributed by atoms with Crippen molar-refractivity contribution in [2.75, 3.05) is 31.6 Å². The van der Waals surface area contributed by atoms with Crippen molar-refractivity contribution >= 4 is 51.0 Å². The first kappa shape index (κ1) is 27.8. The first-order valence-electron chi connectivity index (χ1n) is 8.98. The van der Waals surface area contributed by atoms with E-state index >= 15 is 0 Å². The van der Waals surface area contributed by atoms with E-state index in [0.29, 0.717) is 11.1 Å². The Morgan fingerprint density at radius 2 is 1.90 bits per heavy atom. The van der Waals surface area contributed by atoms with Gasteiger partial charge in [0.15, 0.2) is 0 Å². The van der Waals surface area contributed by atoms with E-state index in [0.717, 1.165) is 49.1 Å². The quantitative estimate of drug-likeness (QED) is 0.411. The smallest absolute Gasteiger partial charge is 0.394 e. The van der Waals surface area contributed by atoms with Crippen LogP contribution in [0.15, 0.2) is 30.5 Å². The van der Waals surface area contributed by atoms with Gasteiger partial charge in [-0.25, -0.2) is 0 Å². The normalized spacial score (nSPS) is 12.1. The molecule has 1 aromatic heterocycles. The lowest BCUT2D eigenvalue weighted by atomic mass is 10.1. The Balaban J connectivity index is 0.00000117. The van der Waals surface area contributed by atoms with Gasteiger partial charge < -0.3 is 15.3 Å². The molecule has 0 spiro atoms. The van der Waals surface area contributed by atoms with Crippen LogP contribution in [0, 0.1) is 0 Å². The van der Waals surface area contributed by atoms with Crippen molar-refractivity contribution < 1.29 is 22.6 Å². The Morgan fingerprint density at radius 3 is 2.48 bits per heavy atom. The Morgan fingerprint density at radius 1 is 1.24 bits per heavy atom. The standard InChI is InChI=1S/C18H26ClN3O.ClH.H2O4S/c1-3-22(11-12-23)10-4-5-14(2)21-17-8-9-20-18-13-15(19)6-7-16(17)18;;1-5(2,3)4/h6-9,13-14,23H,3-5,10-12H2,1-2H3,(H,20,21);1H;(H2,1,2,3,4). The molecule has 8 nitrogen and oxygen atoms in total. The molecule has 166 valence electrons. The molecular weight excluding hydrogens is 441 g/mol. The van der Waals surface area contributed by atoms with Gasteiger partial charge in [0.05, 0.1) is 12.1 Å². The number of nitrogens with zero attached hydrogens (tertiary/aromatic N) is 2. The molecule has 0 saturated carbocycles. The second-order valence-corrected chi connectivity index (χ2v) is 7.65. The number of rotatable bonds is 9. The first-order valence-corrected chi connectivity index (χ1v) is 10.8. The molecule has 11 heteroatoms. The number of aromatic nitrogens is 1. The van der Waals surface area contributed by atoms with Gasteiger partial charge in [0, 0.05) is 34.9 Å². The van der Waals surface area contributed by atoms with Gasteiger partial charge in [-0.15, -0.1) is 12.4 Å². The second kappa shape index (κ2) is 13.9. The third kappa shape index (κ3) is 12.2. The van der Waals surface area contributed by atoms with Crippen molar-refractivity contribution in [3.63, 3.8) is 0 Å². The van der Waals surface area contributed by atoms with E-state index in [9.17, 15) is 0 Å². The number of pyridine rings is 1. The highest BCUT2D eigenvalue weighted by Gasteiger charge is 2.08. The molecule has 1 atom stereocenters. The number of aliphatic hydroxyl groups is 1. The molecule has 0 fully saturated rings. The number of hydrogen-bond donors (Lipinski definition) is 4. The summed E-state index contributed by atoms with van der Waals surface area (Å²) in [5, 5.41) is 14.4. The van der Waals surface area contributed by atoms with Gasteiger partial charge in [0.2, 0.25) is 0 Å². The van der Waals surface area contributed by atoms with Gasteiger partial charge in [0.25, 0.3) is 0 Å². The van der Waals surface area contributed by atoms with E-state index in [-0.39, 0.29) is 19.0 Å². The number of halogens is 2. The summed E-state index contributed by atoms with van der Waals surface area (Å²) in [5.74, 6) is 0. The van der Waals surface area contributed by atoms with Crippen LogP contribution in [-0.4, -0.2) is 64.8 Å². The maximum absolute atomic E-state index is 9.02. The Kier molecular flexibility index (Phi) is 13.3. The molecule has 0 amide bonds. The molecule has 1 heterocycles. The van der Waals surface area contributed by atoms with E-state index < -0.39 is 10.4 Å². The van der Waals surface area contributed by atoms with Gasteiger partial charge in [-0.1, -0.05) is 18.5 Å². The zero-order valence-electron chi connectivity index (χ0n) is 16.5. The van der Waals surface area contributed by atoms with Crippen molar-refractivity contribution in [2.45, 2.75) is 32.7 Å². The fraction of sp³-hybridized carbons (Fsp3) is 0.500. The Hall–Kier alpha value is -1.20. The van der Waals surface area contributed by atoms with Gasteiger partial charge in [0.1, 0.15) is 0 Å². The van der Waals surface area contributed by atoms with Crippen LogP contribution in [0.25, 0.3) is 10.9 Å². The molecule has 0 bridgehead atoms. The minimum atomic E-state index is -4.67. The maximum atomic E-state index is 9.02. The zero-order valence-corrected chi connectivity index (χ0v) is 18.8. The molecule has 1 aromatic carbocycles. The van der Waals surface area contributed by atoms with Crippen LogP contribution < -0.4 is 5.32 Å². The third-order valence-corrected chi connectivity index (χ3v) is 4.32. The van der Waals surface area contributed by atoms with Crippen LogP contribution in [-0.2, 0) is 10.4 Å². The van der Waals surface area contributed by atoms with E-state index in [1.807, 2.05) is 30.5 Å². The summed E-state index contributed by atoms with van der Waals surface area (Å²) in [6.45, 7) is 7.32. The summed E-state index contributed by atoms with van der Waals surface area (Å²) in [6, 6.07) is 8.19. The average Bonchev–Trinajstić information content (AvgIpc) is 2.59. The molecule has 0 aliphatic carbocycles. The molecule has 0 aliphatic rings. The SMILES string of the molecule is CCN(CCO)CCCC(C)Nc1ccnc2cc(Cl)ccc12.Cl.O=S(=O)(O)O. The number of benzene rings is 1. The highest BCUT2D eigenvalue weighted by atomic mass is 35.5. The molecule has 2 aromatic rings. The van der Waals surface area contributed by atoms with Crippen molar-refractivity contribution in [3.8, 4) is 0 Å². The number of fused-ring (bicyclic) bond motifs is 1. The van der Waals surface area contributed by atoms with E-state index in [1.165, 1.54) is 0 Å². The maximum Gasteiger partial charge on any atom is 0.394 e. The van der Waals surface area contributed by atoms with Crippen LogP contribution in [0.4, 0.5) is 5.69 Å². The predicted octanol–water partition coefficient (Wildman–Crippen LogP) is 3.55. The van der Waals surface area contributed by atoms with Crippen molar-refractivity contribution in [1.82, 2.24) is 9.88 Å². The number of aliphatic hydroxyl groups excluding tert-OH is 1. The van der Waals surface area contributed by atoms with Crippen molar-refractivity contribution in [1.29, 1.82) is 0 Å². The van der Waals surface area contributed by atoms with Crippen LogP contribution in [0.3, 0.4) is 0 Å². The minimum Gasteiger partial charge on any atom is -0.395 e. The largest absolute Gasteiger partial charge is 0.395 e. The van der Waals surface area contributed by atoms with Gasteiger partial charge in [-0.2, -0.15) is 8.42 Å². The van der Waals surface area contributed by atoms with Gasteiger partial charge in [-0.05, 0) is 57.1 Å². The van der Waals surface area contributed by atoms with Crippen LogP contribution in [0.5, 0.6) is 0 Å². The van der Waals surface area contributed by atoms with E-state index in [4.69, 9.17) is 34.2 Å². The minimum absolute atomic E-state index is 0. The van der Waals surface area contributed by atoms with Gasteiger partial charge >= 0.3 is 10.4 Å². The van der Waals surface area contributed by atoms with E-state index in [1.54, 1.807) is 0 Å². The highest BCUT2D eigenvalue weighted by Crippen LogP contribution is 2.25. The summed E-state index contributed by atoms with van der Waals surface area (Å²) >= 11 is 6.03. The molecule has 1 unspecified atom stereocenters. The monoisotopic (exact) mass is 469 g/mol. The highest BCUT2D eigenvalue weighted by molar-refractivity contribution is 7.79. The van der Waals surface area contributed by atoms with Gasteiger partial charge in [-0.3, -0.25) is 14.1 Å². The van der Waals surface area contributed by atoms with Crippen molar-refractivity contribution in [3.05, 3.63) is 35.5 Å². The number of hydrogen-bond acceptors (Lipinski definition) is 6. The predicted molar refractivity (Wildman–Crippen MR) is 120 cm³/mol. The van der Waals surface area contributed by atoms with Crippen LogP contribution in [0.1, 0.15) is 26.7 Å². The lowest BCUT2D eigenvalue weighted by molar-refractivity contribution is 0.199. The lowest BCUT2D eigenvalue weighted by Crippen LogP contribution is -2.28. The number of anilines is 1. The van der Waals surface area contributed by atoms with E-state index in [2.05, 4.69) is 29.0 Å². The molecule has 29 heavy (non-hydrogen) atoms. The summed E-state index contributed by atoms with van der Waals surface area (Å²) in [7, 11) is -4.67. The second-order valence-electron chi connectivity index (χ2n) is 6.31. The van der Waals surface area contributed by atoms with Crippen molar-refractivity contribution in [2.24, 2.45) is 0 Å². The fourth-order valence-corrected chi connectivity index (χ4v) is 2.94. The molecule has 2 rings (SSSR count). The average molecular weight is 470 g/mol. The topological polar surface area (TPSA) is 123 Å². The zero-order chi connectivity index (χ0) is 21.2.